The number of aromatic nitrogens is 3. The monoisotopic (exact) mass is 261 g/mol. The Balaban J connectivity index is 1.79. The van der Waals surface area contributed by atoms with Crippen molar-refractivity contribution in [2.45, 2.75) is 6.61 Å². The van der Waals surface area contributed by atoms with Gasteiger partial charge in [-0.2, -0.15) is 10.1 Å². The molecule has 1 fully saturated rings. The van der Waals surface area contributed by atoms with Crippen LogP contribution in [0.15, 0.2) is 30.6 Å². The topological polar surface area (TPSA) is 107 Å². The number of carbonyl (C=O) groups excluding carboxylic acids is 1. The van der Waals surface area contributed by atoms with Crippen LogP contribution in [-0.2, 0) is 6.61 Å². The Morgan fingerprint density at radius 2 is 2.26 bits per heavy atom. The molecule has 1 aliphatic heterocycles. The smallest absolute Gasteiger partial charge is 0.354 e. The van der Waals surface area contributed by atoms with Crippen LogP contribution >= 0.6 is 0 Å². The Bertz CT molecular complexity index is 571. The molecule has 3 rings (SSSR count). The predicted molar refractivity (Wildman–Crippen MR) is 64.4 cm³/mol. The number of nitrogens with zero attached hydrogens (tertiary/aromatic N) is 3. The molecule has 2 amide bonds. The second-order valence-electron chi connectivity index (χ2n) is 3.70. The lowest BCUT2D eigenvalue weighted by Gasteiger charge is -2.15. The highest BCUT2D eigenvalue weighted by Crippen LogP contribution is 2.18. The molecule has 0 saturated carbocycles. The van der Waals surface area contributed by atoms with E-state index in [2.05, 4.69) is 31.7 Å². The third-order valence-electron chi connectivity index (χ3n) is 2.48. The van der Waals surface area contributed by atoms with Gasteiger partial charge in [0.2, 0.25) is 5.88 Å². The number of pyridine rings is 1. The summed E-state index contributed by atoms with van der Waals surface area (Å²) in [4.78, 5) is 15.7. The zero-order valence-electron chi connectivity index (χ0n) is 9.75. The maximum Gasteiger partial charge on any atom is 0.354 e. The van der Waals surface area contributed by atoms with Gasteiger partial charge >= 0.3 is 6.03 Å². The zero-order valence-corrected chi connectivity index (χ0v) is 9.75. The molecule has 0 radical (unpaired) electrons. The second kappa shape index (κ2) is 4.92. The van der Waals surface area contributed by atoms with E-state index in [4.69, 9.17) is 4.74 Å². The summed E-state index contributed by atoms with van der Waals surface area (Å²) in [5, 5.41) is 7.73. The molecular weight excluding hydrogens is 250 g/mol. The number of rotatable bonds is 4. The minimum Gasteiger partial charge on any atom is -0.473 e. The number of nitrogens with one attached hydrogen (secondary N) is 4. The van der Waals surface area contributed by atoms with Crippen LogP contribution in [0.5, 0.6) is 5.88 Å². The summed E-state index contributed by atoms with van der Waals surface area (Å²) in [6, 6.07) is 4.96. The molecule has 1 saturated heterocycles. The minimum atomic E-state index is -0.346. The van der Waals surface area contributed by atoms with Crippen LogP contribution in [0.2, 0.25) is 0 Å². The van der Waals surface area contributed by atoms with E-state index in [-0.39, 0.29) is 12.6 Å². The maximum atomic E-state index is 11.6. The van der Waals surface area contributed by atoms with Gasteiger partial charge in [0, 0.05) is 17.8 Å². The van der Waals surface area contributed by atoms with Crippen molar-refractivity contribution in [3.05, 3.63) is 36.2 Å². The first-order valence-electron chi connectivity index (χ1n) is 5.51. The third kappa shape index (κ3) is 2.32. The van der Waals surface area contributed by atoms with Crippen LogP contribution in [0, 0.1) is 0 Å². The molecule has 3 heterocycles. The van der Waals surface area contributed by atoms with Gasteiger partial charge in [-0.05, 0) is 6.07 Å². The number of hydrogen-bond donors (Lipinski definition) is 4. The lowest BCUT2D eigenvalue weighted by molar-refractivity contribution is 0.250. The standard InChI is InChI=1S/C10H11N7O2/c18-10-14-15-16-17(10)9-7(2-1-4-11-9)6-19-8-3-5-12-13-8/h1-5,15-16H,6H2,(H,12,13)(H,14,18). The molecule has 0 aromatic carbocycles. The van der Waals surface area contributed by atoms with Crippen LogP contribution in [0.1, 0.15) is 5.56 Å². The predicted octanol–water partition coefficient (Wildman–Crippen LogP) is -0.163. The van der Waals surface area contributed by atoms with Gasteiger partial charge in [-0.1, -0.05) is 6.07 Å². The number of carbonyl (C=O) groups is 1. The highest BCUT2D eigenvalue weighted by molar-refractivity contribution is 5.91. The Kier molecular flexibility index (Phi) is 2.96. The molecule has 0 unspecified atom stereocenters. The van der Waals surface area contributed by atoms with Gasteiger partial charge in [-0.3, -0.25) is 5.43 Å². The van der Waals surface area contributed by atoms with E-state index >= 15 is 0 Å². The van der Waals surface area contributed by atoms with Crippen LogP contribution in [-0.4, -0.2) is 21.2 Å². The number of urea groups is 1. The number of aromatic amines is 1. The Morgan fingerprint density at radius 1 is 1.32 bits per heavy atom. The summed E-state index contributed by atoms with van der Waals surface area (Å²) >= 11 is 0. The summed E-state index contributed by atoms with van der Waals surface area (Å²) in [7, 11) is 0. The van der Waals surface area contributed by atoms with Crippen LogP contribution in [0.25, 0.3) is 0 Å². The first-order chi connectivity index (χ1) is 9.34. The summed E-state index contributed by atoms with van der Waals surface area (Å²) in [6.07, 6.45) is 3.20. The third-order valence-corrected chi connectivity index (χ3v) is 2.48. The Labute approximate surface area is 107 Å². The fourth-order valence-corrected chi connectivity index (χ4v) is 1.62. The van der Waals surface area contributed by atoms with Crippen molar-refractivity contribution in [2.75, 3.05) is 5.01 Å². The van der Waals surface area contributed by atoms with E-state index in [0.29, 0.717) is 11.7 Å². The highest BCUT2D eigenvalue weighted by atomic mass is 16.5. The Hall–Kier alpha value is -2.65. The lowest BCUT2D eigenvalue weighted by atomic mass is 10.2. The van der Waals surface area contributed by atoms with Gasteiger partial charge in [0.15, 0.2) is 5.82 Å². The summed E-state index contributed by atoms with van der Waals surface area (Å²) in [5.41, 5.74) is 8.28. The molecule has 98 valence electrons. The summed E-state index contributed by atoms with van der Waals surface area (Å²) < 4.78 is 5.50. The lowest BCUT2D eigenvalue weighted by Crippen LogP contribution is -2.38. The van der Waals surface area contributed by atoms with E-state index in [0.717, 1.165) is 5.56 Å². The normalized spacial score (nSPS) is 14.5. The van der Waals surface area contributed by atoms with Crippen molar-refractivity contribution in [3.8, 4) is 5.88 Å². The fourth-order valence-electron chi connectivity index (χ4n) is 1.62. The van der Waals surface area contributed by atoms with Gasteiger partial charge in [0.1, 0.15) is 6.61 Å². The van der Waals surface area contributed by atoms with Gasteiger partial charge in [0.25, 0.3) is 0 Å². The molecule has 4 N–H and O–H groups in total. The SMILES string of the molecule is O=C1NNNN1c1ncccc1COc1ccn[nH]1. The number of hydrazine groups is 3. The minimum absolute atomic E-state index is 0.261. The molecule has 9 heteroatoms. The quantitative estimate of drug-likeness (QED) is 0.609. The maximum absolute atomic E-state index is 11.6. The molecule has 0 atom stereocenters. The van der Waals surface area contributed by atoms with E-state index in [1.54, 1.807) is 24.5 Å². The van der Waals surface area contributed by atoms with Crippen molar-refractivity contribution in [1.82, 2.24) is 31.7 Å². The summed E-state index contributed by atoms with van der Waals surface area (Å²) in [5.74, 6) is 1.01. The van der Waals surface area contributed by atoms with Crippen molar-refractivity contribution in [1.29, 1.82) is 0 Å². The van der Waals surface area contributed by atoms with Crippen molar-refractivity contribution in [2.24, 2.45) is 0 Å². The van der Waals surface area contributed by atoms with Gasteiger partial charge in [-0.25, -0.2) is 14.9 Å². The molecule has 19 heavy (non-hydrogen) atoms. The van der Waals surface area contributed by atoms with Crippen molar-refractivity contribution >= 4 is 11.8 Å². The number of ether oxygens (including phenoxy) is 1. The number of hydrogen-bond acceptors (Lipinski definition) is 6. The molecular formula is C10H11N7O2. The van der Waals surface area contributed by atoms with Gasteiger partial charge in [-0.15, -0.1) is 11.1 Å². The van der Waals surface area contributed by atoms with Crippen LogP contribution in [0.4, 0.5) is 10.6 Å². The van der Waals surface area contributed by atoms with E-state index in [1.165, 1.54) is 5.01 Å². The van der Waals surface area contributed by atoms with Crippen LogP contribution < -0.4 is 26.2 Å². The summed E-state index contributed by atoms with van der Waals surface area (Å²) in [6.45, 7) is 0.261. The molecule has 0 spiro atoms. The van der Waals surface area contributed by atoms with E-state index < -0.39 is 0 Å². The zero-order chi connectivity index (χ0) is 13.1. The molecule has 0 bridgehead atoms. The van der Waals surface area contributed by atoms with E-state index in [1.807, 2.05) is 6.07 Å². The van der Waals surface area contributed by atoms with E-state index in [9.17, 15) is 4.79 Å². The van der Waals surface area contributed by atoms with Crippen molar-refractivity contribution in [3.63, 3.8) is 0 Å². The molecule has 2 aromatic rings. The molecule has 2 aromatic heterocycles. The molecule has 9 nitrogen and oxygen atoms in total. The molecule has 1 aliphatic rings. The number of amides is 2. The molecule has 0 aliphatic carbocycles. The first kappa shape index (κ1) is 11.4. The number of H-pyrrole nitrogens is 1. The van der Waals surface area contributed by atoms with Crippen LogP contribution in [0.3, 0.4) is 0 Å². The average molecular weight is 261 g/mol. The highest BCUT2D eigenvalue weighted by Gasteiger charge is 2.24. The van der Waals surface area contributed by atoms with Gasteiger partial charge < -0.3 is 4.74 Å². The second-order valence-corrected chi connectivity index (χ2v) is 3.70. The Morgan fingerprint density at radius 3 is 3.00 bits per heavy atom. The largest absolute Gasteiger partial charge is 0.473 e. The number of anilines is 1. The van der Waals surface area contributed by atoms with Crippen molar-refractivity contribution < 1.29 is 9.53 Å². The first-order valence-corrected chi connectivity index (χ1v) is 5.51. The van der Waals surface area contributed by atoms with Gasteiger partial charge in [0.05, 0.1) is 6.20 Å². The average Bonchev–Trinajstić information content (AvgIpc) is 3.08. The fraction of sp³-hybridized carbons (Fsp3) is 0.100.